The average molecular weight is 329 g/mol. The smallest absolute Gasteiger partial charge is 0.227 e. The Kier molecular flexibility index (Phi) is 4.25. The molecule has 0 saturated carbocycles. The number of nitrogens with zero attached hydrogens (tertiary/aromatic N) is 3. The van der Waals surface area contributed by atoms with E-state index in [9.17, 15) is 4.79 Å². The number of rotatable bonds is 3. The van der Waals surface area contributed by atoms with Crippen molar-refractivity contribution in [2.45, 2.75) is 19.4 Å². The molecular formula is C21H19N3O. The van der Waals surface area contributed by atoms with Crippen molar-refractivity contribution in [1.29, 1.82) is 0 Å². The fourth-order valence-corrected chi connectivity index (χ4v) is 3.21. The van der Waals surface area contributed by atoms with Gasteiger partial charge in [0.1, 0.15) is 6.33 Å². The molecule has 3 aromatic rings. The maximum absolute atomic E-state index is 12.6. The van der Waals surface area contributed by atoms with Crippen LogP contribution < -0.4 is 0 Å². The molecule has 0 atom stereocenters. The summed E-state index contributed by atoms with van der Waals surface area (Å²) >= 11 is 0. The lowest BCUT2D eigenvalue weighted by atomic mass is 10.0. The third kappa shape index (κ3) is 3.43. The number of fused-ring (bicyclic) bond motifs is 1. The van der Waals surface area contributed by atoms with Gasteiger partial charge in [-0.15, -0.1) is 0 Å². The number of amides is 1. The van der Waals surface area contributed by atoms with Crippen LogP contribution in [0.4, 0.5) is 0 Å². The Morgan fingerprint density at radius 2 is 1.76 bits per heavy atom. The molecule has 0 saturated heterocycles. The second-order valence-electron chi connectivity index (χ2n) is 6.30. The van der Waals surface area contributed by atoms with Crippen LogP contribution in [0.25, 0.3) is 11.1 Å². The first-order valence-electron chi connectivity index (χ1n) is 8.49. The van der Waals surface area contributed by atoms with Crippen LogP contribution >= 0.6 is 0 Å². The molecule has 124 valence electrons. The van der Waals surface area contributed by atoms with Crippen molar-refractivity contribution >= 4 is 5.91 Å². The molecule has 1 aromatic heterocycles. The molecule has 2 heterocycles. The Labute approximate surface area is 147 Å². The normalized spacial score (nSPS) is 13.4. The third-order valence-corrected chi connectivity index (χ3v) is 4.63. The molecule has 0 unspecified atom stereocenters. The maximum Gasteiger partial charge on any atom is 0.227 e. The van der Waals surface area contributed by atoms with E-state index in [1.165, 1.54) is 11.1 Å². The molecule has 1 amide bonds. The molecule has 0 radical (unpaired) electrons. The molecule has 4 rings (SSSR count). The summed E-state index contributed by atoms with van der Waals surface area (Å²) in [6, 6.07) is 18.5. The summed E-state index contributed by atoms with van der Waals surface area (Å²) in [7, 11) is 0. The molecule has 0 spiro atoms. The lowest BCUT2D eigenvalue weighted by Crippen LogP contribution is -2.37. The summed E-state index contributed by atoms with van der Waals surface area (Å²) in [6.07, 6.45) is 4.62. The van der Waals surface area contributed by atoms with Gasteiger partial charge in [0.2, 0.25) is 5.91 Å². The van der Waals surface area contributed by atoms with Gasteiger partial charge in [0.05, 0.1) is 12.1 Å². The Bertz CT molecular complexity index is 875. The predicted molar refractivity (Wildman–Crippen MR) is 96.7 cm³/mol. The van der Waals surface area contributed by atoms with Crippen molar-refractivity contribution in [2.75, 3.05) is 6.54 Å². The highest BCUT2D eigenvalue weighted by molar-refractivity contribution is 5.79. The molecule has 0 fully saturated rings. The molecule has 1 aliphatic rings. The quantitative estimate of drug-likeness (QED) is 0.741. The molecule has 4 nitrogen and oxygen atoms in total. The highest BCUT2D eigenvalue weighted by atomic mass is 16.2. The topological polar surface area (TPSA) is 46.1 Å². The largest absolute Gasteiger partial charge is 0.338 e. The van der Waals surface area contributed by atoms with Crippen molar-refractivity contribution in [3.63, 3.8) is 0 Å². The van der Waals surface area contributed by atoms with Crippen LogP contribution in [0.3, 0.4) is 0 Å². The lowest BCUT2D eigenvalue weighted by Gasteiger charge is -2.28. The van der Waals surface area contributed by atoms with Crippen LogP contribution in [0.15, 0.2) is 67.1 Å². The van der Waals surface area contributed by atoms with E-state index in [-0.39, 0.29) is 5.91 Å². The van der Waals surface area contributed by atoms with E-state index in [1.807, 2.05) is 41.4 Å². The van der Waals surface area contributed by atoms with Gasteiger partial charge in [-0.05, 0) is 16.7 Å². The minimum atomic E-state index is 0.155. The van der Waals surface area contributed by atoms with E-state index in [4.69, 9.17) is 0 Å². The number of hydrogen-bond donors (Lipinski definition) is 0. The molecule has 1 aliphatic heterocycles. The van der Waals surface area contributed by atoms with Gasteiger partial charge in [-0.25, -0.2) is 9.97 Å². The van der Waals surface area contributed by atoms with Crippen LogP contribution in [0.1, 0.15) is 16.8 Å². The number of benzene rings is 2. The summed E-state index contributed by atoms with van der Waals surface area (Å²) in [5.74, 6) is 0.155. The van der Waals surface area contributed by atoms with Crippen LogP contribution in [0.2, 0.25) is 0 Å². The van der Waals surface area contributed by atoms with E-state index in [1.54, 1.807) is 6.33 Å². The third-order valence-electron chi connectivity index (χ3n) is 4.63. The number of hydrogen-bond acceptors (Lipinski definition) is 3. The van der Waals surface area contributed by atoms with Crippen molar-refractivity contribution in [1.82, 2.24) is 14.9 Å². The molecule has 2 aromatic carbocycles. The first-order valence-corrected chi connectivity index (χ1v) is 8.49. The van der Waals surface area contributed by atoms with Gasteiger partial charge in [0, 0.05) is 31.3 Å². The van der Waals surface area contributed by atoms with Crippen LogP contribution in [-0.4, -0.2) is 27.3 Å². The van der Waals surface area contributed by atoms with Gasteiger partial charge in [-0.3, -0.25) is 4.79 Å². The summed E-state index contributed by atoms with van der Waals surface area (Å²) in [6.45, 7) is 1.34. The standard InChI is InChI=1S/C21H19N3O/c25-21(24-11-10-20-19(14-24)13-22-15-23-20)12-16-6-8-18(9-7-16)17-4-2-1-3-5-17/h1-9,13,15H,10-12,14H2. The van der Waals surface area contributed by atoms with Gasteiger partial charge < -0.3 is 4.90 Å². The molecule has 0 N–H and O–H groups in total. The fourth-order valence-electron chi connectivity index (χ4n) is 3.21. The predicted octanol–water partition coefficient (Wildman–Crippen LogP) is 3.27. The molecule has 0 bridgehead atoms. The monoisotopic (exact) mass is 329 g/mol. The second-order valence-corrected chi connectivity index (χ2v) is 6.30. The van der Waals surface area contributed by atoms with Gasteiger partial charge in [0.25, 0.3) is 0 Å². The minimum Gasteiger partial charge on any atom is -0.338 e. The highest BCUT2D eigenvalue weighted by Crippen LogP contribution is 2.20. The van der Waals surface area contributed by atoms with Gasteiger partial charge >= 0.3 is 0 Å². The zero-order chi connectivity index (χ0) is 17.1. The van der Waals surface area contributed by atoms with Gasteiger partial charge in [-0.2, -0.15) is 0 Å². The Morgan fingerprint density at radius 1 is 1.00 bits per heavy atom. The second kappa shape index (κ2) is 6.85. The van der Waals surface area contributed by atoms with Crippen molar-refractivity contribution in [3.05, 3.63) is 83.9 Å². The maximum atomic E-state index is 12.6. The van der Waals surface area contributed by atoms with E-state index in [2.05, 4.69) is 34.2 Å². The summed E-state index contributed by atoms with van der Waals surface area (Å²) in [5, 5.41) is 0. The molecule has 0 aliphatic carbocycles. The van der Waals surface area contributed by atoms with Gasteiger partial charge in [0.15, 0.2) is 0 Å². The molecule has 25 heavy (non-hydrogen) atoms. The summed E-state index contributed by atoms with van der Waals surface area (Å²) < 4.78 is 0. The Morgan fingerprint density at radius 3 is 2.56 bits per heavy atom. The first-order chi connectivity index (χ1) is 12.3. The van der Waals surface area contributed by atoms with Crippen molar-refractivity contribution in [2.24, 2.45) is 0 Å². The molecule has 4 heteroatoms. The van der Waals surface area contributed by atoms with E-state index in [0.29, 0.717) is 13.0 Å². The number of carbonyl (C=O) groups is 1. The zero-order valence-electron chi connectivity index (χ0n) is 13.9. The van der Waals surface area contributed by atoms with Gasteiger partial charge in [-0.1, -0.05) is 54.6 Å². The minimum absolute atomic E-state index is 0.155. The van der Waals surface area contributed by atoms with Crippen molar-refractivity contribution in [3.8, 4) is 11.1 Å². The van der Waals surface area contributed by atoms with Crippen LogP contribution in [-0.2, 0) is 24.2 Å². The van der Waals surface area contributed by atoms with E-state index >= 15 is 0 Å². The average Bonchev–Trinajstić information content (AvgIpc) is 2.69. The molecular weight excluding hydrogens is 310 g/mol. The van der Waals surface area contributed by atoms with E-state index in [0.717, 1.165) is 29.8 Å². The Hall–Kier alpha value is -3.01. The van der Waals surface area contributed by atoms with Crippen LogP contribution in [0.5, 0.6) is 0 Å². The number of carbonyl (C=O) groups excluding carboxylic acids is 1. The highest BCUT2D eigenvalue weighted by Gasteiger charge is 2.21. The fraction of sp³-hybridized carbons (Fsp3) is 0.190. The van der Waals surface area contributed by atoms with E-state index < -0.39 is 0 Å². The van der Waals surface area contributed by atoms with Crippen LogP contribution in [0, 0.1) is 0 Å². The summed E-state index contributed by atoms with van der Waals surface area (Å²) in [4.78, 5) is 22.9. The summed E-state index contributed by atoms with van der Waals surface area (Å²) in [5.41, 5.74) is 5.52. The SMILES string of the molecule is O=C(Cc1ccc(-c2ccccc2)cc1)N1CCc2ncncc2C1. The zero-order valence-corrected chi connectivity index (χ0v) is 13.9. The lowest BCUT2D eigenvalue weighted by molar-refractivity contribution is -0.131. The number of aromatic nitrogens is 2. The van der Waals surface area contributed by atoms with Crippen molar-refractivity contribution < 1.29 is 4.79 Å². The first kappa shape index (κ1) is 15.5. The Balaban J connectivity index is 1.43.